The van der Waals surface area contributed by atoms with E-state index in [-0.39, 0.29) is 25.3 Å². The zero-order valence-electron chi connectivity index (χ0n) is 13.0. The normalized spacial score (nSPS) is 20.5. The second-order valence-electron chi connectivity index (χ2n) is 5.46. The Morgan fingerprint density at radius 3 is 2.61 bits per heavy atom. The van der Waals surface area contributed by atoms with E-state index in [0.717, 1.165) is 5.56 Å². The molecule has 1 fully saturated rings. The first kappa shape index (κ1) is 17.2. The summed E-state index contributed by atoms with van der Waals surface area (Å²) in [4.78, 5) is 24.8. The second kappa shape index (κ2) is 7.92. The van der Waals surface area contributed by atoms with Crippen molar-refractivity contribution in [3.63, 3.8) is 0 Å². The van der Waals surface area contributed by atoms with Gasteiger partial charge in [0.05, 0.1) is 19.6 Å². The molecule has 1 saturated heterocycles. The second-order valence-corrected chi connectivity index (χ2v) is 5.46. The van der Waals surface area contributed by atoms with Crippen molar-refractivity contribution in [1.29, 1.82) is 0 Å². The molecule has 0 radical (unpaired) electrons. The Morgan fingerprint density at radius 2 is 2.00 bits per heavy atom. The highest BCUT2D eigenvalue weighted by Crippen LogP contribution is 2.22. The van der Waals surface area contributed by atoms with Crippen molar-refractivity contribution in [2.24, 2.45) is 5.73 Å². The SMILES string of the molecule is COCCOc1ccc(CC(=O)N2C[C@H](F)C[C@H]2C(N)=O)cc1. The van der Waals surface area contributed by atoms with Gasteiger partial charge < -0.3 is 20.1 Å². The number of nitrogens with two attached hydrogens (primary N) is 1. The number of ether oxygens (including phenoxy) is 2. The number of primary amides is 1. The molecule has 0 spiro atoms. The maximum absolute atomic E-state index is 13.5. The Morgan fingerprint density at radius 1 is 1.30 bits per heavy atom. The third-order valence-electron chi connectivity index (χ3n) is 3.73. The molecule has 0 saturated carbocycles. The van der Waals surface area contributed by atoms with Crippen LogP contribution in [0.5, 0.6) is 5.75 Å². The third kappa shape index (κ3) is 4.66. The zero-order valence-corrected chi connectivity index (χ0v) is 13.0. The average Bonchev–Trinajstić information content (AvgIpc) is 2.92. The van der Waals surface area contributed by atoms with Crippen LogP contribution in [0.4, 0.5) is 4.39 Å². The van der Waals surface area contributed by atoms with Crippen LogP contribution in [-0.4, -0.2) is 55.8 Å². The zero-order chi connectivity index (χ0) is 16.8. The summed E-state index contributed by atoms with van der Waals surface area (Å²) >= 11 is 0. The molecule has 2 atom stereocenters. The number of alkyl halides is 1. The molecule has 2 rings (SSSR count). The Labute approximate surface area is 134 Å². The predicted octanol–water partition coefficient (Wildman–Crippen LogP) is 0.679. The van der Waals surface area contributed by atoms with E-state index in [1.165, 1.54) is 4.90 Å². The van der Waals surface area contributed by atoms with Gasteiger partial charge in [-0.1, -0.05) is 12.1 Å². The molecule has 126 valence electrons. The van der Waals surface area contributed by atoms with Crippen LogP contribution >= 0.6 is 0 Å². The van der Waals surface area contributed by atoms with Crippen LogP contribution in [-0.2, 0) is 20.7 Å². The minimum absolute atomic E-state index is 0.0205. The number of halogens is 1. The summed E-state index contributed by atoms with van der Waals surface area (Å²) in [6.07, 6.45) is -1.13. The monoisotopic (exact) mass is 324 g/mol. The molecular formula is C16H21FN2O4. The van der Waals surface area contributed by atoms with Crippen LogP contribution in [0.2, 0.25) is 0 Å². The molecule has 2 N–H and O–H groups in total. The lowest BCUT2D eigenvalue weighted by Gasteiger charge is -2.21. The van der Waals surface area contributed by atoms with Gasteiger partial charge in [-0.15, -0.1) is 0 Å². The fourth-order valence-corrected chi connectivity index (χ4v) is 2.55. The Bertz CT molecular complexity index is 550. The average molecular weight is 324 g/mol. The molecule has 1 aliphatic heterocycles. The van der Waals surface area contributed by atoms with Crippen molar-refractivity contribution in [2.45, 2.75) is 25.1 Å². The van der Waals surface area contributed by atoms with E-state index in [1.54, 1.807) is 31.4 Å². The molecule has 7 heteroatoms. The van der Waals surface area contributed by atoms with Crippen LogP contribution in [0.15, 0.2) is 24.3 Å². The van der Waals surface area contributed by atoms with Gasteiger partial charge >= 0.3 is 0 Å². The van der Waals surface area contributed by atoms with Crippen molar-refractivity contribution in [1.82, 2.24) is 4.90 Å². The molecule has 23 heavy (non-hydrogen) atoms. The van der Waals surface area contributed by atoms with E-state index in [2.05, 4.69) is 0 Å². The molecule has 1 aromatic rings. The van der Waals surface area contributed by atoms with Crippen molar-refractivity contribution < 1.29 is 23.5 Å². The molecule has 0 unspecified atom stereocenters. The smallest absolute Gasteiger partial charge is 0.240 e. The van der Waals surface area contributed by atoms with Crippen molar-refractivity contribution in [2.75, 3.05) is 26.9 Å². The molecule has 2 amide bonds. The number of hydrogen-bond donors (Lipinski definition) is 1. The molecule has 1 aromatic carbocycles. The van der Waals surface area contributed by atoms with Crippen LogP contribution in [0, 0.1) is 0 Å². The van der Waals surface area contributed by atoms with Crippen molar-refractivity contribution >= 4 is 11.8 Å². The number of hydrogen-bond acceptors (Lipinski definition) is 4. The summed E-state index contributed by atoms with van der Waals surface area (Å²) in [6, 6.07) is 6.19. The lowest BCUT2D eigenvalue weighted by atomic mass is 10.1. The molecule has 0 aromatic heterocycles. The lowest BCUT2D eigenvalue weighted by molar-refractivity contribution is -0.136. The van der Waals surface area contributed by atoms with E-state index in [9.17, 15) is 14.0 Å². The maximum Gasteiger partial charge on any atom is 0.240 e. The van der Waals surface area contributed by atoms with Gasteiger partial charge in [0.2, 0.25) is 11.8 Å². The molecule has 6 nitrogen and oxygen atoms in total. The molecular weight excluding hydrogens is 303 g/mol. The summed E-state index contributed by atoms with van der Waals surface area (Å²) < 4.78 is 23.8. The molecule has 0 bridgehead atoms. The molecule has 0 aliphatic carbocycles. The quantitative estimate of drug-likeness (QED) is 0.748. The minimum atomic E-state index is -1.20. The fraction of sp³-hybridized carbons (Fsp3) is 0.500. The Kier molecular flexibility index (Phi) is 5.92. The van der Waals surface area contributed by atoms with Crippen molar-refractivity contribution in [3.05, 3.63) is 29.8 Å². The number of amides is 2. The topological polar surface area (TPSA) is 81.9 Å². The van der Waals surface area contributed by atoms with Crippen LogP contribution in [0.3, 0.4) is 0 Å². The maximum atomic E-state index is 13.5. The predicted molar refractivity (Wildman–Crippen MR) is 81.7 cm³/mol. The number of methoxy groups -OCH3 is 1. The Balaban J connectivity index is 1.93. The van der Waals surface area contributed by atoms with E-state index >= 15 is 0 Å². The molecule has 1 heterocycles. The minimum Gasteiger partial charge on any atom is -0.491 e. The highest BCUT2D eigenvalue weighted by Gasteiger charge is 2.38. The summed E-state index contributed by atoms with van der Waals surface area (Å²) in [7, 11) is 1.59. The summed E-state index contributed by atoms with van der Waals surface area (Å²) in [6.45, 7) is 0.861. The summed E-state index contributed by atoms with van der Waals surface area (Å²) in [5.41, 5.74) is 6.00. The highest BCUT2D eigenvalue weighted by atomic mass is 19.1. The summed E-state index contributed by atoms with van der Waals surface area (Å²) in [5, 5.41) is 0. The number of likely N-dealkylation sites (tertiary alicyclic amines) is 1. The van der Waals surface area contributed by atoms with Gasteiger partial charge in [-0.3, -0.25) is 9.59 Å². The van der Waals surface area contributed by atoms with E-state index < -0.39 is 18.1 Å². The third-order valence-corrected chi connectivity index (χ3v) is 3.73. The number of rotatable bonds is 7. The number of benzene rings is 1. The number of nitrogens with zero attached hydrogens (tertiary/aromatic N) is 1. The van der Waals surface area contributed by atoms with Gasteiger partial charge in [-0.2, -0.15) is 0 Å². The van der Waals surface area contributed by atoms with Crippen LogP contribution in [0.25, 0.3) is 0 Å². The van der Waals surface area contributed by atoms with Crippen LogP contribution in [0.1, 0.15) is 12.0 Å². The highest BCUT2D eigenvalue weighted by molar-refractivity contribution is 5.88. The van der Waals surface area contributed by atoms with Gasteiger partial charge in [0, 0.05) is 13.5 Å². The first-order valence-corrected chi connectivity index (χ1v) is 7.44. The lowest BCUT2D eigenvalue weighted by Crippen LogP contribution is -2.44. The number of carbonyl (C=O) groups excluding carboxylic acids is 2. The van der Waals surface area contributed by atoms with Gasteiger partial charge in [0.1, 0.15) is 24.6 Å². The summed E-state index contributed by atoms with van der Waals surface area (Å²) in [5.74, 6) is -0.291. The first-order valence-electron chi connectivity index (χ1n) is 7.44. The van der Waals surface area contributed by atoms with E-state index in [4.69, 9.17) is 15.2 Å². The molecule has 1 aliphatic rings. The standard InChI is InChI=1S/C16H21FN2O4/c1-22-6-7-23-13-4-2-11(3-5-13)8-15(20)19-10-12(17)9-14(19)16(18)21/h2-5,12,14H,6-10H2,1H3,(H2,18,21)/t12-,14+/m1/s1. The Hall–Kier alpha value is -2.15. The van der Waals surface area contributed by atoms with Gasteiger partial charge in [-0.05, 0) is 17.7 Å². The van der Waals surface area contributed by atoms with E-state index in [1.807, 2.05) is 0 Å². The first-order chi connectivity index (χ1) is 11.0. The number of carbonyl (C=O) groups is 2. The largest absolute Gasteiger partial charge is 0.491 e. The van der Waals surface area contributed by atoms with Crippen LogP contribution < -0.4 is 10.5 Å². The van der Waals surface area contributed by atoms with E-state index in [0.29, 0.717) is 19.0 Å². The van der Waals surface area contributed by atoms with Gasteiger partial charge in [-0.25, -0.2) is 4.39 Å². The van der Waals surface area contributed by atoms with Gasteiger partial charge in [0.25, 0.3) is 0 Å². The fourth-order valence-electron chi connectivity index (χ4n) is 2.55. The van der Waals surface area contributed by atoms with Gasteiger partial charge in [0.15, 0.2) is 0 Å². The van der Waals surface area contributed by atoms with Crippen molar-refractivity contribution in [3.8, 4) is 5.75 Å².